The van der Waals surface area contributed by atoms with E-state index in [2.05, 4.69) is 9.47 Å². The third kappa shape index (κ3) is 2.57. The fourth-order valence-electron chi connectivity index (χ4n) is 2.56. The molecule has 0 amide bonds. The van der Waals surface area contributed by atoms with Crippen LogP contribution in [0, 0.1) is 12.3 Å². The van der Waals surface area contributed by atoms with Crippen LogP contribution in [-0.2, 0) is 9.59 Å². The highest BCUT2D eigenvalue weighted by molar-refractivity contribution is 7.10. The van der Waals surface area contributed by atoms with Gasteiger partial charge in [0.1, 0.15) is 17.5 Å². The number of carbonyl (C=O) groups is 2. The summed E-state index contributed by atoms with van der Waals surface area (Å²) in [6, 6.07) is 5.51. The van der Waals surface area contributed by atoms with E-state index in [4.69, 9.17) is 4.52 Å². The standard InChI is InChI=1S/C15H19O3P/c1-9-4-5-10(18-19)8-11(9)13-12(16)6-7-15(2,3)14(13)17/h4-5,8,13H,6-7,19H2,1-3H3. The van der Waals surface area contributed by atoms with Gasteiger partial charge in [0.25, 0.3) is 0 Å². The molecule has 1 saturated carbocycles. The van der Waals surface area contributed by atoms with Crippen molar-refractivity contribution in [1.29, 1.82) is 0 Å². The van der Waals surface area contributed by atoms with Crippen molar-refractivity contribution in [3.05, 3.63) is 29.3 Å². The second-order valence-corrected chi connectivity index (χ2v) is 6.02. The van der Waals surface area contributed by atoms with Gasteiger partial charge in [0.15, 0.2) is 5.78 Å². The van der Waals surface area contributed by atoms with Gasteiger partial charge in [-0.2, -0.15) is 0 Å². The van der Waals surface area contributed by atoms with E-state index in [9.17, 15) is 9.59 Å². The topological polar surface area (TPSA) is 43.4 Å². The lowest BCUT2D eigenvalue weighted by molar-refractivity contribution is -0.139. The SMILES string of the molecule is Cc1ccc(OP)cc1C1C(=O)CCC(C)(C)C1=O. The quantitative estimate of drug-likeness (QED) is 0.616. The van der Waals surface area contributed by atoms with E-state index < -0.39 is 11.3 Å². The molecule has 1 aliphatic rings. The molecule has 0 radical (unpaired) electrons. The lowest BCUT2D eigenvalue weighted by Crippen LogP contribution is -2.39. The van der Waals surface area contributed by atoms with Gasteiger partial charge >= 0.3 is 0 Å². The van der Waals surface area contributed by atoms with Gasteiger partial charge in [0, 0.05) is 11.8 Å². The van der Waals surface area contributed by atoms with Gasteiger partial charge in [0.2, 0.25) is 0 Å². The van der Waals surface area contributed by atoms with Crippen LogP contribution in [0.5, 0.6) is 5.75 Å². The van der Waals surface area contributed by atoms with Crippen molar-refractivity contribution in [2.75, 3.05) is 0 Å². The summed E-state index contributed by atoms with van der Waals surface area (Å²) in [5, 5.41) is 0. The molecule has 3 nitrogen and oxygen atoms in total. The zero-order valence-electron chi connectivity index (χ0n) is 11.5. The van der Waals surface area contributed by atoms with Crippen molar-refractivity contribution in [3.8, 4) is 5.75 Å². The maximum absolute atomic E-state index is 12.5. The number of rotatable bonds is 2. The van der Waals surface area contributed by atoms with Crippen LogP contribution >= 0.6 is 9.47 Å². The fourth-order valence-corrected chi connectivity index (χ4v) is 2.70. The summed E-state index contributed by atoms with van der Waals surface area (Å²) >= 11 is 0. The van der Waals surface area contributed by atoms with Crippen molar-refractivity contribution in [3.63, 3.8) is 0 Å². The highest BCUT2D eigenvalue weighted by Gasteiger charge is 2.43. The van der Waals surface area contributed by atoms with Crippen LogP contribution in [0.4, 0.5) is 0 Å². The Labute approximate surface area is 116 Å². The first kappa shape index (κ1) is 14.2. The first-order chi connectivity index (χ1) is 8.86. The Kier molecular flexibility index (Phi) is 3.78. The van der Waals surface area contributed by atoms with Crippen LogP contribution in [-0.4, -0.2) is 11.6 Å². The van der Waals surface area contributed by atoms with Gasteiger partial charge in [-0.25, -0.2) is 0 Å². The molecule has 0 heterocycles. The zero-order valence-corrected chi connectivity index (χ0v) is 12.7. The molecule has 2 unspecified atom stereocenters. The molecule has 19 heavy (non-hydrogen) atoms. The van der Waals surface area contributed by atoms with E-state index in [1.54, 1.807) is 6.07 Å². The van der Waals surface area contributed by atoms with Gasteiger partial charge in [0.05, 0.1) is 9.47 Å². The van der Waals surface area contributed by atoms with Gasteiger partial charge in [-0.15, -0.1) is 0 Å². The molecule has 1 aromatic carbocycles. The summed E-state index contributed by atoms with van der Waals surface area (Å²) in [4.78, 5) is 24.7. The van der Waals surface area contributed by atoms with Gasteiger partial charge in [-0.1, -0.05) is 19.9 Å². The number of benzene rings is 1. The number of ketones is 2. The monoisotopic (exact) mass is 278 g/mol. The summed E-state index contributed by atoms with van der Waals surface area (Å²) in [5.41, 5.74) is 1.31. The van der Waals surface area contributed by atoms with E-state index in [0.29, 0.717) is 18.6 Å². The Hall–Kier alpha value is -1.21. The maximum atomic E-state index is 12.5. The van der Waals surface area contributed by atoms with Crippen LogP contribution in [0.15, 0.2) is 18.2 Å². The van der Waals surface area contributed by atoms with E-state index >= 15 is 0 Å². The Bertz CT molecular complexity index is 534. The smallest absolute Gasteiger partial charge is 0.153 e. The third-order valence-corrected chi connectivity index (χ3v) is 4.22. The highest BCUT2D eigenvalue weighted by Crippen LogP contribution is 2.40. The molecule has 0 spiro atoms. The van der Waals surface area contributed by atoms with Crippen LogP contribution in [0.2, 0.25) is 0 Å². The van der Waals surface area contributed by atoms with Crippen LogP contribution in [0.25, 0.3) is 0 Å². The van der Waals surface area contributed by atoms with Gasteiger partial charge in [-0.3, -0.25) is 9.59 Å². The molecule has 0 saturated heterocycles. The molecule has 4 heteroatoms. The van der Waals surface area contributed by atoms with Gasteiger partial charge in [-0.05, 0) is 36.6 Å². The lowest BCUT2D eigenvalue weighted by Gasteiger charge is -2.33. The first-order valence-corrected chi connectivity index (χ1v) is 6.88. The minimum absolute atomic E-state index is 0.0211. The highest BCUT2D eigenvalue weighted by atomic mass is 31.0. The van der Waals surface area contributed by atoms with Crippen molar-refractivity contribution < 1.29 is 14.1 Å². The van der Waals surface area contributed by atoms with Crippen molar-refractivity contribution in [2.45, 2.75) is 39.5 Å². The number of carbonyl (C=O) groups excluding carboxylic acids is 2. The minimum Gasteiger partial charge on any atom is -0.480 e. The molecule has 1 fully saturated rings. The van der Waals surface area contributed by atoms with Crippen molar-refractivity contribution >= 4 is 21.0 Å². The maximum Gasteiger partial charge on any atom is 0.153 e. The zero-order chi connectivity index (χ0) is 14.2. The molecular weight excluding hydrogens is 259 g/mol. The van der Waals surface area contributed by atoms with E-state index in [0.717, 1.165) is 11.1 Å². The van der Waals surface area contributed by atoms with E-state index in [-0.39, 0.29) is 11.6 Å². The Morgan fingerprint density at radius 1 is 1.32 bits per heavy atom. The van der Waals surface area contributed by atoms with Crippen LogP contribution < -0.4 is 4.52 Å². The Balaban J connectivity index is 2.49. The second kappa shape index (κ2) is 5.05. The van der Waals surface area contributed by atoms with E-state index in [1.807, 2.05) is 32.9 Å². The molecule has 0 aromatic heterocycles. The van der Waals surface area contributed by atoms with Crippen molar-refractivity contribution in [2.24, 2.45) is 5.41 Å². The molecule has 2 rings (SSSR count). The third-order valence-electron chi connectivity index (χ3n) is 3.95. The lowest BCUT2D eigenvalue weighted by atomic mass is 9.68. The number of aryl methyl sites for hydroxylation is 1. The molecule has 0 aliphatic heterocycles. The number of hydrogen-bond acceptors (Lipinski definition) is 3. The summed E-state index contributed by atoms with van der Waals surface area (Å²) < 4.78 is 5.12. The molecule has 0 bridgehead atoms. The van der Waals surface area contributed by atoms with Crippen molar-refractivity contribution in [1.82, 2.24) is 0 Å². The minimum atomic E-state index is -0.635. The fraction of sp³-hybridized carbons (Fsp3) is 0.467. The van der Waals surface area contributed by atoms with E-state index in [1.165, 1.54) is 0 Å². The van der Waals surface area contributed by atoms with Crippen LogP contribution in [0.3, 0.4) is 0 Å². The number of hydrogen-bond donors (Lipinski definition) is 0. The summed E-state index contributed by atoms with van der Waals surface area (Å²) in [6.45, 7) is 5.75. The molecule has 1 aliphatic carbocycles. The molecule has 0 N–H and O–H groups in total. The summed E-state index contributed by atoms with van der Waals surface area (Å²) in [5.74, 6) is 0.0551. The predicted molar refractivity (Wildman–Crippen MR) is 77.3 cm³/mol. The average molecular weight is 278 g/mol. The van der Waals surface area contributed by atoms with Gasteiger partial charge < -0.3 is 4.52 Å². The summed E-state index contributed by atoms with van der Waals surface area (Å²) in [7, 11) is 2.18. The van der Waals surface area contributed by atoms with Crippen LogP contribution in [0.1, 0.15) is 43.7 Å². The molecule has 1 aromatic rings. The second-order valence-electron chi connectivity index (χ2n) is 5.78. The first-order valence-electron chi connectivity index (χ1n) is 6.41. The number of Topliss-reactive ketones (excluding diaryl/α,β-unsaturated/α-hetero) is 2. The average Bonchev–Trinajstić information content (AvgIpc) is 2.37. The largest absolute Gasteiger partial charge is 0.480 e. The molecule has 102 valence electrons. The Morgan fingerprint density at radius 2 is 2.00 bits per heavy atom. The normalized spacial score (nSPS) is 22.4. The predicted octanol–water partition coefficient (Wildman–Crippen LogP) is 3.21. The Morgan fingerprint density at radius 3 is 2.63 bits per heavy atom. The molecular formula is C15H19O3P. The molecule has 2 atom stereocenters. The summed E-state index contributed by atoms with van der Waals surface area (Å²) in [6.07, 6.45) is 1.11.